The summed E-state index contributed by atoms with van der Waals surface area (Å²) in [7, 11) is 0. The van der Waals surface area contributed by atoms with Crippen molar-refractivity contribution in [2.45, 2.75) is 84.6 Å². The second-order valence-electron chi connectivity index (χ2n) is 15.8. The smallest absolute Gasteiger partial charge is 0.251 e. The van der Waals surface area contributed by atoms with Crippen LogP contribution >= 0.6 is 0 Å². The highest BCUT2D eigenvalue weighted by atomic mass is 16.7. The van der Waals surface area contributed by atoms with Crippen molar-refractivity contribution in [1.29, 1.82) is 0 Å². The van der Waals surface area contributed by atoms with Crippen molar-refractivity contribution in [3.8, 4) is 11.1 Å². The Hall–Kier alpha value is -3.81. The van der Waals surface area contributed by atoms with Gasteiger partial charge in [-0.2, -0.15) is 0 Å². The molecule has 6 atom stereocenters. The monoisotopic (exact) mass is 658 g/mol. The fourth-order valence-electron chi connectivity index (χ4n) is 8.95. The lowest BCUT2D eigenvalue weighted by Crippen LogP contribution is -2.46. The van der Waals surface area contributed by atoms with Crippen LogP contribution in [0.3, 0.4) is 0 Å². The van der Waals surface area contributed by atoms with Gasteiger partial charge in [0.15, 0.2) is 6.29 Å². The van der Waals surface area contributed by atoms with Gasteiger partial charge in [0, 0.05) is 42.7 Å². The first-order valence-corrected chi connectivity index (χ1v) is 17.9. The van der Waals surface area contributed by atoms with Gasteiger partial charge in [0.2, 0.25) is 0 Å². The van der Waals surface area contributed by atoms with Crippen LogP contribution in [0.15, 0.2) is 103 Å². The van der Waals surface area contributed by atoms with Crippen molar-refractivity contribution >= 4 is 5.91 Å². The average molecular weight is 659 g/mol. The largest absolute Gasteiger partial charge is 0.392 e. The Labute approximate surface area is 291 Å². The number of carbonyl (C=O) groups excluding carboxylic acids is 1. The number of aliphatic hydroxyl groups excluding tert-OH is 1. The minimum Gasteiger partial charge on any atom is -0.392 e. The van der Waals surface area contributed by atoms with E-state index in [1.165, 1.54) is 19.3 Å². The molecule has 256 valence electrons. The molecule has 2 aliphatic heterocycles. The van der Waals surface area contributed by atoms with E-state index in [-0.39, 0.29) is 30.6 Å². The van der Waals surface area contributed by atoms with Gasteiger partial charge < -0.3 is 19.9 Å². The molecular formula is C43H50N2O4. The summed E-state index contributed by atoms with van der Waals surface area (Å²) in [5.74, 6) is 0.0580. The third-order valence-electron chi connectivity index (χ3n) is 11.0. The molecule has 0 spiro atoms. The fourth-order valence-corrected chi connectivity index (χ4v) is 8.95. The van der Waals surface area contributed by atoms with Crippen LogP contribution in [0.2, 0.25) is 0 Å². The second-order valence-corrected chi connectivity index (χ2v) is 15.8. The highest BCUT2D eigenvalue weighted by molar-refractivity contribution is 5.94. The number of hydrogen-bond donors (Lipinski definition) is 2. The molecule has 1 saturated carbocycles. The van der Waals surface area contributed by atoms with Gasteiger partial charge >= 0.3 is 0 Å². The summed E-state index contributed by atoms with van der Waals surface area (Å²) in [4.78, 5) is 15.4. The molecule has 6 nitrogen and oxygen atoms in total. The molecule has 49 heavy (non-hydrogen) atoms. The fraction of sp³-hybridized carbons (Fsp3) is 0.419. The van der Waals surface area contributed by atoms with Crippen molar-refractivity contribution in [3.63, 3.8) is 0 Å². The minimum atomic E-state index is -0.522. The number of carbonyl (C=O) groups is 1. The molecular weight excluding hydrogens is 608 g/mol. The molecule has 4 aromatic rings. The lowest BCUT2D eigenvalue weighted by atomic mass is 9.65. The first-order chi connectivity index (χ1) is 23.6. The summed E-state index contributed by atoms with van der Waals surface area (Å²) in [5.41, 5.74) is 7.54. The number of nitrogens with one attached hydrogen (secondary N) is 1. The quantitative estimate of drug-likeness (QED) is 0.189. The summed E-state index contributed by atoms with van der Waals surface area (Å²) < 4.78 is 13.8. The number of likely N-dealkylation sites (tertiary alicyclic amines) is 1. The van der Waals surface area contributed by atoms with Crippen molar-refractivity contribution in [2.75, 3.05) is 13.1 Å². The standard InChI is InChI=1S/C43H50N2O4/c1-29-38(25-45-28-43(4)23-37(45)22-42(2,3)27-43)48-41(49-39(29)32-18-16-30(26-46)17-19-32)36-15-9-14-35(21-36)34-13-8-10-31(20-34)24-44-40(47)33-11-6-5-7-12-33/h5-21,29,37-39,41,46H,22-28H2,1-4H3,(H,44,47)/t29-,37?,38+,39+,41+,43?/m1/s1. The normalized spacial score (nSPS) is 27.9. The van der Waals surface area contributed by atoms with Crippen LogP contribution in [0.5, 0.6) is 0 Å². The van der Waals surface area contributed by atoms with E-state index in [9.17, 15) is 9.90 Å². The number of rotatable bonds is 9. The number of aliphatic hydroxyl groups is 1. The van der Waals surface area contributed by atoms with Crippen molar-refractivity contribution in [1.82, 2.24) is 10.2 Å². The van der Waals surface area contributed by atoms with Crippen LogP contribution in [0, 0.1) is 16.7 Å². The molecule has 1 aliphatic carbocycles. The molecule has 2 heterocycles. The average Bonchev–Trinajstić information content (AvgIpc) is 3.35. The zero-order chi connectivity index (χ0) is 34.2. The third-order valence-corrected chi connectivity index (χ3v) is 11.0. The molecule has 3 fully saturated rings. The Bertz CT molecular complexity index is 1760. The predicted molar refractivity (Wildman–Crippen MR) is 194 cm³/mol. The molecule has 2 saturated heterocycles. The number of nitrogens with zero attached hydrogens (tertiary/aromatic N) is 1. The first kappa shape index (κ1) is 33.7. The van der Waals surface area contributed by atoms with E-state index in [0.29, 0.717) is 29.0 Å². The van der Waals surface area contributed by atoms with E-state index in [1.54, 1.807) is 0 Å². The Morgan fingerprint density at radius 2 is 1.57 bits per heavy atom. The van der Waals surface area contributed by atoms with Crippen LogP contribution in [-0.2, 0) is 22.6 Å². The van der Waals surface area contributed by atoms with Gasteiger partial charge in [-0.25, -0.2) is 0 Å². The van der Waals surface area contributed by atoms with Gasteiger partial charge in [0.1, 0.15) is 0 Å². The van der Waals surface area contributed by atoms with Gasteiger partial charge in [-0.3, -0.25) is 9.69 Å². The number of ether oxygens (including phenoxy) is 2. The van der Waals surface area contributed by atoms with Crippen LogP contribution in [0.1, 0.15) is 92.0 Å². The van der Waals surface area contributed by atoms with E-state index in [2.05, 4.69) is 86.4 Å². The maximum Gasteiger partial charge on any atom is 0.251 e. The molecule has 2 bridgehead atoms. The van der Waals surface area contributed by atoms with E-state index >= 15 is 0 Å². The van der Waals surface area contributed by atoms with Crippen LogP contribution in [0.25, 0.3) is 11.1 Å². The highest BCUT2D eigenvalue weighted by Crippen LogP contribution is 2.53. The first-order valence-electron chi connectivity index (χ1n) is 17.9. The second kappa shape index (κ2) is 13.8. The Morgan fingerprint density at radius 1 is 0.837 bits per heavy atom. The van der Waals surface area contributed by atoms with Gasteiger partial charge in [-0.15, -0.1) is 0 Å². The molecule has 3 aliphatic rings. The maximum atomic E-state index is 12.7. The van der Waals surface area contributed by atoms with Crippen molar-refractivity contribution in [2.24, 2.45) is 16.7 Å². The molecule has 2 N–H and O–H groups in total. The topological polar surface area (TPSA) is 71.0 Å². The lowest BCUT2D eigenvalue weighted by molar-refractivity contribution is -0.276. The Kier molecular flexibility index (Phi) is 9.51. The zero-order valence-corrected chi connectivity index (χ0v) is 29.3. The SMILES string of the molecule is C[C@@H]1[C@H](CN2CC3(C)CC2CC(C)(C)C3)O[C@H](c2cccc(-c3cccc(CNC(=O)c4ccccc4)c3)c2)O[C@@H]1c1ccc(CO)cc1. The van der Waals surface area contributed by atoms with E-state index < -0.39 is 6.29 Å². The van der Waals surface area contributed by atoms with E-state index in [4.69, 9.17) is 9.47 Å². The highest BCUT2D eigenvalue weighted by Gasteiger charge is 2.51. The molecule has 0 radical (unpaired) electrons. The number of benzene rings is 4. The van der Waals surface area contributed by atoms with Gasteiger partial charge in [0.25, 0.3) is 5.91 Å². The molecule has 0 aromatic heterocycles. The minimum absolute atomic E-state index is 0.00691. The number of hydrogen-bond acceptors (Lipinski definition) is 5. The van der Waals surface area contributed by atoms with Crippen molar-refractivity contribution < 1.29 is 19.4 Å². The summed E-state index contributed by atoms with van der Waals surface area (Å²) in [6.07, 6.45) is 3.09. The summed E-state index contributed by atoms with van der Waals surface area (Å²) in [6, 6.07) is 34.9. The molecule has 7 rings (SSSR count). The van der Waals surface area contributed by atoms with Crippen LogP contribution in [-0.4, -0.2) is 41.1 Å². The van der Waals surface area contributed by atoms with Gasteiger partial charge in [-0.1, -0.05) is 107 Å². The number of fused-ring (bicyclic) bond motifs is 2. The van der Waals surface area contributed by atoms with E-state index in [1.807, 2.05) is 54.6 Å². The molecule has 1 amide bonds. The summed E-state index contributed by atoms with van der Waals surface area (Å²) in [6.45, 7) is 12.1. The Balaban J connectivity index is 1.13. The molecule has 6 heteroatoms. The van der Waals surface area contributed by atoms with Gasteiger partial charge in [0.05, 0.1) is 18.8 Å². The number of amides is 1. The molecule has 2 unspecified atom stereocenters. The zero-order valence-electron chi connectivity index (χ0n) is 29.3. The molecule has 4 aromatic carbocycles. The van der Waals surface area contributed by atoms with Crippen molar-refractivity contribution in [3.05, 3.63) is 131 Å². The maximum absolute atomic E-state index is 12.7. The van der Waals surface area contributed by atoms with Crippen LogP contribution < -0.4 is 5.32 Å². The lowest BCUT2D eigenvalue weighted by Gasteiger charge is -2.43. The predicted octanol–water partition coefficient (Wildman–Crippen LogP) is 8.47. The van der Waals surface area contributed by atoms with Gasteiger partial charge in [-0.05, 0) is 82.2 Å². The Morgan fingerprint density at radius 3 is 2.33 bits per heavy atom. The summed E-state index contributed by atoms with van der Waals surface area (Å²) >= 11 is 0. The third kappa shape index (κ3) is 7.53. The summed E-state index contributed by atoms with van der Waals surface area (Å²) in [5, 5.41) is 12.7. The van der Waals surface area contributed by atoms with E-state index in [0.717, 1.165) is 46.5 Å². The van der Waals surface area contributed by atoms with Crippen LogP contribution in [0.4, 0.5) is 0 Å².